The summed E-state index contributed by atoms with van der Waals surface area (Å²) in [5, 5.41) is 3.46. The fourth-order valence-electron chi connectivity index (χ4n) is 17.3. The number of fused-ring (bicyclic) bond motifs is 4. The maximum Gasteiger partial charge on any atom is 0.0594 e. The minimum Gasteiger partial charge on any atom is -0.379 e. The number of nitrogens with zero attached hydrogens (tertiary/aromatic N) is 7. The van der Waals surface area contributed by atoms with Gasteiger partial charge in [0.25, 0.3) is 0 Å². The summed E-state index contributed by atoms with van der Waals surface area (Å²) >= 11 is 0. The SMILES string of the molecule is C[C@@H]1C(CN(C)C)C2(C)CC2N1C(C)(C)C.C[C@@H]1C(CN)C2(C)CC2N1C(C)(C)C.C[C@@H]1C(CN2CCNCC2)C2(C)CC2N1C(C)(C)C.C[C@@H]1C(CN2CCOCC2)C2(C)CC2N1C(C)(C)C. The fraction of sp³-hybridized carbons (Fsp3) is 1.00. The van der Waals surface area contributed by atoms with Gasteiger partial charge in [-0.3, -0.25) is 24.5 Å². The minimum absolute atomic E-state index is 0.297. The van der Waals surface area contributed by atoms with E-state index in [1.54, 1.807) is 0 Å². The zero-order valence-corrected chi connectivity index (χ0v) is 48.9. The van der Waals surface area contributed by atoms with Crippen LogP contribution in [0.3, 0.4) is 0 Å². The number of ether oxygens (including phenoxy) is 1. The first kappa shape index (κ1) is 55.4. The molecular weight excluding hydrogens is 839 g/mol. The molecule has 6 heterocycles. The van der Waals surface area contributed by atoms with Gasteiger partial charge in [-0.15, -0.1) is 0 Å². The van der Waals surface area contributed by atoms with Gasteiger partial charge in [-0.2, -0.15) is 0 Å². The van der Waals surface area contributed by atoms with Crippen LogP contribution in [0, 0.1) is 45.3 Å². The van der Waals surface area contributed by atoms with Crippen molar-refractivity contribution < 1.29 is 4.74 Å². The van der Waals surface area contributed by atoms with E-state index in [1.165, 1.54) is 71.5 Å². The Hall–Kier alpha value is -0.400. The molecule has 10 rings (SSSR count). The maximum atomic E-state index is 5.91. The average Bonchev–Trinajstić information content (AvgIpc) is 4.18. The summed E-state index contributed by atoms with van der Waals surface area (Å²) in [6.45, 7) is 61.5. The van der Waals surface area contributed by atoms with Crippen LogP contribution in [0.25, 0.3) is 0 Å². The topological polar surface area (TPSA) is 70.0 Å². The summed E-state index contributed by atoms with van der Waals surface area (Å²) in [7, 11) is 4.40. The average molecular weight is 953 g/mol. The van der Waals surface area contributed by atoms with Crippen LogP contribution in [0.2, 0.25) is 0 Å². The summed E-state index contributed by atoms with van der Waals surface area (Å²) in [6.07, 6.45) is 5.60. The Balaban J connectivity index is 0.000000135. The van der Waals surface area contributed by atoms with E-state index in [4.69, 9.17) is 10.5 Å². The van der Waals surface area contributed by atoms with Gasteiger partial charge in [0.2, 0.25) is 0 Å². The van der Waals surface area contributed by atoms with Crippen LogP contribution in [-0.4, -0.2) is 198 Å². The van der Waals surface area contributed by atoms with Gasteiger partial charge in [-0.05, 0) is 202 Å². The van der Waals surface area contributed by atoms with E-state index in [1.807, 2.05) is 0 Å². The van der Waals surface area contributed by atoms with E-state index in [9.17, 15) is 0 Å². The third-order valence-electron chi connectivity index (χ3n) is 20.9. The molecule has 6 saturated heterocycles. The summed E-state index contributed by atoms with van der Waals surface area (Å²) < 4.78 is 5.48. The Morgan fingerprint density at radius 2 is 0.779 bits per heavy atom. The molecular formula is C58H113N9O. The Bertz CT molecular complexity index is 1630. The zero-order valence-electron chi connectivity index (χ0n) is 48.9. The van der Waals surface area contributed by atoms with Gasteiger partial charge in [-0.1, -0.05) is 27.7 Å². The molecule has 0 aromatic heterocycles. The van der Waals surface area contributed by atoms with Crippen molar-refractivity contribution in [2.45, 2.75) is 235 Å². The first-order valence-corrected chi connectivity index (χ1v) is 28.4. The van der Waals surface area contributed by atoms with Crippen molar-refractivity contribution in [1.82, 2.24) is 39.6 Å². The largest absolute Gasteiger partial charge is 0.379 e. The minimum atomic E-state index is 0.297. The first-order chi connectivity index (χ1) is 31.2. The number of piperidine rings is 4. The molecule has 0 spiro atoms. The van der Waals surface area contributed by atoms with Gasteiger partial charge in [-0.25, -0.2) is 0 Å². The predicted octanol–water partition coefficient (Wildman–Crippen LogP) is 8.29. The second-order valence-corrected chi connectivity index (χ2v) is 30.1. The molecule has 0 bridgehead atoms. The van der Waals surface area contributed by atoms with E-state index in [-0.39, 0.29) is 0 Å². The molecule has 396 valence electrons. The molecule has 10 aliphatic rings. The van der Waals surface area contributed by atoms with E-state index >= 15 is 0 Å². The fourth-order valence-corrected chi connectivity index (χ4v) is 17.3. The van der Waals surface area contributed by atoms with Crippen molar-refractivity contribution in [3.8, 4) is 0 Å². The standard InChI is InChI=1S/C16H31N3.C16H30N2O.C14H28N2.C12H24N2/c1-12-13(11-18-8-6-17-7-9-18)16(5)10-14(16)19(12)15(2,3)4;1-12-13(11-17-6-8-19-9-7-17)16(5)10-14(16)18(12)15(2,3)4;1-10-11(9-15(6)7)14(5)8-12(14)16(10)13(2,3)4;1-8-9(7-13)12(5)6-10(12)14(8)11(2,3)4/h12-14,17H,6-11H2,1-5H3;12-14H,6-11H2,1-5H3;10-12H,8-9H2,1-7H3;8-10H,6-7,13H2,1-5H3/t2*12-,13?,14?,16?;10-,11?,12?,14?;8-,9?,10?,12?/m1111/s1. The Morgan fingerprint density at radius 1 is 0.485 bits per heavy atom. The second kappa shape index (κ2) is 19.1. The van der Waals surface area contributed by atoms with Crippen molar-refractivity contribution in [2.24, 2.45) is 51.1 Å². The highest BCUT2D eigenvalue weighted by atomic mass is 16.5. The summed E-state index contributed by atoms with van der Waals surface area (Å²) in [5.74, 6) is 3.23. The van der Waals surface area contributed by atoms with Crippen molar-refractivity contribution in [3.63, 3.8) is 0 Å². The second-order valence-electron chi connectivity index (χ2n) is 30.1. The van der Waals surface area contributed by atoms with Crippen molar-refractivity contribution in [1.29, 1.82) is 0 Å². The van der Waals surface area contributed by atoms with Gasteiger partial charge < -0.3 is 25.6 Å². The number of piperazine rings is 1. The van der Waals surface area contributed by atoms with E-state index in [0.717, 1.165) is 86.9 Å². The summed E-state index contributed by atoms with van der Waals surface area (Å²) in [6, 6.07) is 6.14. The molecule has 0 aromatic rings. The number of morpholine rings is 1. The van der Waals surface area contributed by atoms with Crippen LogP contribution < -0.4 is 11.1 Å². The van der Waals surface area contributed by atoms with E-state index in [2.05, 4.69) is 192 Å². The molecule has 10 fully saturated rings. The monoisotopic (exact) mass is 952 g/mol. The highest BCUT2D eigenvalue weighted by Gasteiger charge is 2.70. The molecule has 10 nitrogen and oxygen atoms in total. The van der Waals surface area contributed by atoms with Crippen LogP contribution in [-0.2, 0) is 4.74 Å². The van der Waals surface area contributed by atoms with Gasteiger partial charge >= 0.3 is 0 Å². The van der Waals surface area contributed by atoms with Crippen molar-refractivity contribution in [2.75, 3.05) is 92.8 Å². The van der Waals surface area contributed by atoms with Crippen LogP contribution in [0.1, 0.15) is 164 Å². The van der Waals surface area contributed by atoms with Crippen LogP contribution in [0.4, 0.5) is 0 Å². The van der Waals surface area contributed by atoms with Gasteiger partial charge in [0.1, 0.15) is 0 Å². The first-order valence-electron chi connectivity index (χ1n) is 28.4. The maximum absolute atomic E-state index is 5.91. The highest BCUT2D eigenvalue weighted by molar-refractivity contribution is 5.23. The summed E-state index contributed by atoms with van der Waals surface area (Å²) in [5.41, 5.74) is 9.44. The Morgan fingerprint density at radius 3 is 1.07 bits per heavy atom. The molecule has 16 atom stereocenters. The lowest BCUT2D eigenvalue weighted by Gasteiger charge is -2.41. The molecule has 0 aromatic carbocycles. The third-order valence-corrected chi connectivity index (χ3v) is 20.9. The van der Waals surface area contributed by atoms with Gasteiger partial charge in [0.15, 0.2) is 0 Å². The third kappa shape index (κ3) is 10.5. The molecule has 10 heteroatoms. The molecule has 3 N–H and O–H groups in total. The number of nitrogens with two attached hydrogens (primary N) is 1. The van der Waals surface area contributed by atoms with Crippen LogP contribution >= 0.6 is 0 Å². The molecule has 0 amide bonds. The molecule has 0 radical (unpaired) electrons. The highest BCUT2D eigenvalue weighted by Crippen LogP contribution is 2.67. The quantitative estimate of drug-likeness (QED) is 0.261. The van der Waals surface area contributed by atoms with Gasteiger partial charge in [0, 0.05) is 129 Å². The van der Waals surface area contributed by atoms with E-state index < -0.39 is 0 Å². The Kier molecular flexibility index (Phi) is 15.5. The lowest BCUT2D eigenvalue weighted by atomic mass is 9.86. The van der Waals surface area contributed by atoms with Crippen LogP contribution in [0.15, 0.2) is 0 Å². The molecule has 6 aliphatic heterocycles. The normalized spacial score (nSPS) is 45.0. The number of rotatable bonds is 7. The predicted molar refractivity (Wildman–Crippen MR) is 288 cm³/mol. The zero-order chi connectivity index (χ0) is 50.7. The number of likely N-dealkylation sites (tertiary alicyclic amines) is 4. The van der Waals surface area contributed by atoms with E-state index in [0.29, 0.717) is 61.8 Å². The molecule has 4 saturated carbocycles. The van der Waals surface area contributed by atoms with Crippen LogP contribution in [0.5, 0.6) is 0 Å². The number of hydrogen-bond acceptors (Lipinski definition) is 10. The smallest absolute Gasteiger partial charge is 0.0594 e. The molecule has 4 aliphatic carbocycles. The molecule has 12 unspecified atom stereocenters. The number of hydrogen-bond donors (Lipinski definition) is 2. The lowest BCUT2D eigenvalue weighted by molar-refractivity contribution is 0.0163. The van der Waals surface area contributed by atoms with Crippen molar-refractivity contribution >= 4 is 0 Å². The summed E-state index contributed by atoms with van der Waals surface area (Å²) in [4.78, 5) is 18.7. The lowest BCUT2D eigenvalue weighted by Crippen LogP contribution is -2.51. The van der Waals surface area contributed by atoms with Gasteiger partial charge in [0.05, 0.1) is 13.2 Å². The molecule has 68 heavy (non-hydrogen) atoms. The number of nitrogens with one attached hydrogen (secondary N) is 1. The van der Waals surface area contributed by atoms with Crippen molar-refractivity contribution in [3.05, 3.63) is 0 Å². The Labute approximate surface area is 421 Å².